The van der Waals surface area contributed by atoms with Crippen LogP contribution in [0.25, 0.3) is 0 Å². The molecule has 2 heterocycles. The second-order valence-electron chi connectivity index (χ2n) is 4.18. The number of carbonyl (C=O) groups is 1. The highest BCUT2D eigenvalue weighted by Crippen LogP contribution is 2.34. The van der Waals surface area contributed by atoms with Crippen LogP contribution in [0.3, 0.4) is 0 Å². The van der Waals surface area contributed by atoms with Crippen LogP contribution in [-0.2, 0) is 9.53 Å². The fourth-order valence-corrected chi connectivity index (χ4v) is 2.27. The molecule has 3 nitrogen and oxygen atoms in total. The minimum absolute atomic E-state index is 0.116. The van der Waals surface area contributed by atoms with Gasteiger partial charge in [-0.15, -0.1) is 0 Å². The van der Waals surface area contributed by atoms with E-state index in [-0.39, 0.29) is 11.5 Å². The third kappa shape index (κ3) is 1.92. The Labute approximate surface area is 78.8 Å². The first-order chi connectivity index (χ1) is 6.35. The van der Waals surface area contributed by atoms with E-state index in [1.165, 1.54) is 0 Å². The van der Waals surface area contributed by atoms with Crippen molar-refractivity contribution in [1.82, 2.24) is 5.32 Å². The molecular weight excluding hydrogens is 166 g/mol. The molecule has 0 unspecified atom stereocenters. The first-order valence-electron chi connectivity index (χ1n) is 5.15. The summed E-state index contributed by atoms with van der Waals surface area (Å²) in [6.45, 7) is 2.76. The summed E-state index contributed by atoms with van der Waals surface area (Å²) < 4.78 is 5.84. The minimum Gasteiger partial charge on any atom is -0.374 e. The van der Waals surface area contributed by atoms with Crippen molar-refractivity contribution in [3.63, 3.8) is 0 Å². The predicted octanol–water partition coefficient (Wildman–Crippen LogP) is 0.734. The van der Waals surface area contributed by atoms with Gasteiger partial charge >= 0.3 is 0 Å². The number of hydrogen-bond acceptors (Lipinski definition) is 3. The lowest BCUT2D eigenvalue weighted by Gasteiger charge is -2.42. The van der Waals surface area contributed by atoms with E-state index in [1.54, 1.807) is 0 Å². The Kier molecular flexibility index (Phi) is 2.65. The van der Waals surface area contributed by atoms with Gasteiger partial charge in [-0.25, -0.2) is 0 Å². The molecular formula is C10H17NO2. The summed E-state index contributed by atoms with van der Waals surface area (Å²) in [7, 11) is 0. The van der Waals surface area contributed by atoms with Gasteiger partial charge in [0, 0.05) is 5.92 Å². The minimum atomic E-state index is 0.116. The number of nitrogens with one attached hydrogen (secondary N) is 1. The van der Waals surface area contributed by atoms with E-state index in [1.807, 2.05) is 0 Å². The van der Waals surface area contributed by atoms with Gasteiger partial charge in [-0.1, -0.05) is 0 Å². The van der Waals surface area contributed by atoms with Crippen molar-refractivity contribution in [3.8, 4) is 0 Å². The van der Waals surface area contributed by atoms with Crippen LogP contribution in [0.1, 0.15) is 25.7 Å². The van der Waals surface area contributed by atoms with Crippen molar-refractivity contribution >= 4 is 6.29 Å². The van der Waals surface area contributed by atoms with E-state index in [9.17, 15) is 4.79 Å². The molecule has 0 aromatic rings. The molecule has 0 saturated carbocycles. The fourth-order valence-electron chi connectivity index (χ4n) is 2.27. The molecule has 0 bridgehead atoms. The Morgan fingerprint density at radius 3 is 2.62 bits per heavy atom. The number of hydrogen-bond donors (Lipinski definition) is 1. The number of ether oxygens (including phenoxy) is 1. The van der Waals surface area contributed by atoms with Crippen molar-refractivity contribution in [3.05, 3.63) is 0 Å². The first-order valence-corrected chi connectivity index (χ1v) is 5.15. The third-order valence-corrected chi connectivity index (χ3v) is 3.28. The molecule has 1 spiro atoms. The standard InChI is InChI=1S/C10H17NO2/c12-7-9-1-2-10(13-8-9)3-5-11-6-4-10/h7,9,11H,1-6,8H2/t9-/m1/s1. The monoisotopic (exact) mass is 183 g/mol. The SMILES string of the molecule is O=C[C@H]1CCC2(CCNCC2)OC1. The molecule has 0 radical (unpaired) electrons. The summed E-state index contributed by atoms with van der Waals surface area (Å²) in [4.78, 5) is 10.5. The molecule has 13 heavy (non-hydrogen) atoms. The Morgan fingerprint density at radius 1 is 1.31 bits per heavy atom. The van der Waals surface area contributed by atoms with Gasteiger partial charge < -0.3 is 14.8 Å². The number of aldehydes is 1. The quantitative estimate of drug-likeness (QED) is 0.609. The van der Waals surface area contributed by atoms with Crippen LogP contribution in [-0.4, -0.2) is 31.6 Å². The molecule has 74 valence electrons. The number of rotatable bonds is 1. The lowest BCUT2D eigenvalue weighted by molar-refractivity contribution is -0.133. The zero-order valence-electron chi connectivity index (χ0n) is 7.92. The Balaban J connectivity index is 1.91. The molecule has 2 aliphatic rings. The fraction of sp³-hybridized carbons (Fsp3) is 0.900. The van der Waals surface area contributed by atoms with Gasteiger partial charge in [0.1, 0.15) is 6.29 Å². The molecule has 3 heteroatoms. The molecule has 2 saturated heterocycles. The van der Waals surface area contributed by atoms with E-state index in [0.717, 1.165) is 45.1 Å². The Morgan fingerprint density at radius 2 is 2.08 bits per heavy atom. The molecule has 2 fully saturated rings. The lowest BCUT2D eigenvalue weighted by atomic mass is 9.83. The highest BCUT2D eigenvalue weighted by molar-refractivity contribution is 5.53. The number of carbonyl (C=O) groups excluding carboxylic acids is 1. The van der Waals surface area contributed by atoms with Gasteiger partial charge in [-0.05, 0) is 38.8 Å². The van der Waals surface area contributed by atoms with Crippen molar-refractivity contribution in [1.29, 1.82) is 0 Å². The molecule has 2 aliphatic heterocycles. The Hall–Kier alpha value is -0.410. The summed E-state index contributed by atoms with van der Waals surface area (Å²) in [5.41, 5.74) is 0.116. The summed E-state index contributed by atoms with van der Waals surface area (Å²) in [5.74, 6) is 0.153. The van der Waals surface area contributed by atoms with Gasteiger partial charge in [0.25, 0.3) is 0 Å². The van der Waals surface area contributed by atoms with Gasteiger partial charge in [-0.3, -0.25) is 0 Å². The zero-order valence-corrected chi connectivity index (χ0v) is 7.92. The summed E-state index contributed by atoms with van der Waals surface area (Å²) in [6, 6.07) is 0. The normalized spacial score (nSPS) is 33.1. The van der Waals surface area contributed by atoms with E-state index in [0.29, 0.717) is 6.61 Å². The van der Waals surface area contributed by atoms with Gasteiger partial charge in [0.2, 0.25) is 0 Å². The molecule has 0 amide bonds. The van der Waals surface area contributed by atoms with Crippen LogP contribution >= 0.6 is 0 Å². The first kappa shape index (κ1) is 9.16. The second kappa shape index (κ2) is 3.76. The topological polar surface area (TPSA) is 38.3 Å². The Bertz CT molecular complexity index is 177. The molecule has 1 N–H and O–H groups in total. The highest BCUT2D eigenvalue weighted by atomic mass is 16.5. The van der Waals surface area contributed by atoms with Crippen LogP contribution in [0, 0.1) is 5.92 Å². The molecule has 0 aromatic heterocycles. The highest BCUT2D eigenvalue weighted by Gasteiger charge is 2.37. The number of piperidine rings is 1. The summed E-state index contributed by atoms with van der Waals surface area (Å²) >= 11 is 0. The van der Waals surface area contributed by atoms with Crippen molar-refractivity contribution < 1.29 is 9.53 Å². The summed E-state index contributed by atoms with van der Waals surface area (Å²) in [6.07, 6.45) is 5.34. The third-order valence-electron chi connectivity index (χ3n) is 3.28. The van der Waals surface area contributed by atoms with E-state index in [4.69, 9.17) is 4.74 Å². The molecule has 0 aromatic carbocycles. The average Bonchev–Trinajstić information content (AvgIpc) is 2.20. The average molecular weight is 183 g/mol. The van der Waals surface area contributed by atoms with Crippen molar-refractivity contribution in [2.45, 2.75) is 31.3 Å². The maximum absolute atomic E-state index is 10.5. The summed E-state index contributed by atoms with van der Waals surface area (Å²) in [5, 5.41) is 3.33. The lowest BCUT2D eigenvalue weighted by Crippen LogP contribution is -2.47. The zero-order chi connectivity index (χ0) is 9.15. The van der Waals surface area contributed by atoms with Crippen LogP contribution < -0.4 is 5.32 Å². The largest absolute Gasteiger partial charge is 0.374 e. The van der Waals surface area contributed by atoms with Crippen LogP contribution in [0.2, 0.25) is 0 Å². The predicted molar refractivity (Wildman–Crippen MR) is 49.6 cm³/mol. The van der Waals surface area contributed by atoms with Crippen molar-refractivity contribution in [2.24, 2.45) is 5.92 Å². The molecule has 2 rings (SSSR count). The van der Waals surface area contributed by atoms with Gasteiger partial charge in [-0.2, -0.15) is 0 Å². The van der Waals surface area contributed by atoms with E-state index < -0.39 is 0 Å². The smallest absolute Gasteiger partial charge is 0.125 e. The van der Waals surface area contributed by atoms with E-state index >= 15 is 0 Å². The van der Waals surface area contributed by atoms with Crippen LogP contribution in [0.4, 0.5) is 0 Å². The second-order valence-corrected chi connectivity index (χ2v) is 4.18. The maximum atomic E-state index is 10.5. The maximum Gasteiger partial charge on any atom is 0.125 e. The molecule has 1 atom stereocenters. The van der Waals surface area contributed by atoms with Crippen LogP contribution in [0.15, 0.2) is 0 Å². The molecule has 0 aliphatic carbocycles. The van der Waals surface area contributed by atoms with Gasteiger partial charge in [0.05, 0.1) is 12.2 Å². The van der Waals surface area contributed by atoms with Crippen molar-refractivity contribution in [2.75, 3.05) is 19.7 Å². The van der Waals surface area contributed by atoms with Crippen LogP contribution in [0.5, 0.6) is 0 Å². The van der Waals surface area contributed by atoms with Gasteiger partial charge in [0.15, 0.2) is 0 Å². The van der Waals surface area contributed by atoms with E-state index in [2.05, 4.69) is 5.32 Å².